The van der Waals surface area contributed by atoms with Crippen molar-refractivity contribution in [2.75, 3.05) is 19.8 Å². The van der Waals surface area contributed by atoms with Crippen LogP contribution in [0.4, 0.5) is 13.2 Å². The topological polar surface area (TPSA) is 50.4 Å². The molecule has 1 rings (SSSR count). The van der Waals surface area contributed by atoms with E-state index < -0.39 is 24.6 Å². The molecule has 0 aromatic rings. The molecule has 19 heavy (non-hydrogen) atoms. The van der Waals surface area contributed by atoms with Gasteiger partial charge in [0.25, 0.3) is 0 Å². The summed E-state index contributed by atoms with van der Waals surface area (Å²) >= 11 is 0. The maximum absolute atomic E-state index is 12.2. The normalized spacial score (nSPS) is 25.3. The highest BCUT2D eigenvalue weighted by Crippen LogP contribution is 2.22. The molecular formula is C12H21F3N2O2. The van der Waals surface area contributed by atoms with Gasteiger partial charge in [0.15, 0.2) is 0 Å². The van der Waals surface area contributed by atoms with Crippen LogP contribution in [-0.4, -0.2) is 43.9 Å². The van der Waals surface area contributed by atoms with Crippen molar-refractivity contribution in [1.29, 1.82) is 0 Å². The second-order valence-electron chi connectivity index (χ2n) is 4.93. The zero-order valence-electron chi connectivity index (χ0n) is 11.2. The van der Waals surface area contributed by atoms with Crippen LogP contribution in [0.1, 0.15) is 26.7 Å². The first kappa shape index (κ1) is 16.2. The van der Waals surface area contributed by atoms with E-state index in [9.17, 15) is 18.0 Å². The lowest BCUT2D eigenvalue weighted by Crippen LogP contribution is -2.47. The third kappa shape index (κ3) is 5.78. The lowest BCUT2D eigenvalue weighted by Gasteiger charge is -2.21. The zero-order chi connectivity index (χ0) is 14.5. The second-order valence-corrected chi connectivity index (χ2v) is 4.93. The molecule has 1 amide bonds. The van der Waals surface area contributed by atoms with Gasteiger partial charge in [-0.05, 0) is 19.9 Å². The van der Waals surface area contributed by atoms with Crippen molar-refractivity contribution in [3.63, 3.8) is 0 Å². The van der Waals surface area contributed by atoms with E-state index >= 15 is 0 Å². The van der Waals surface area contributed by atoms with Crippen LogP contribution in [-0.2, 0) is 9.53 Å². The minimum Gasteiger partial charge on any atom is -0.379 e. The van der Waals surface area contributed by atoms with Gasteiger partial charge in [0.2, 0.25) is 5.91 Å². The largest absolute Gasteiger partial charge is 0.391 e. The molecule has 3 atom stereocenters. The monoisotopic (exact) mass is 282 g/mol. The van der Waals surface area contributed by atoms with E-state index in [1.807, 2.05) is 6.92 Å². The van der Waals surface area contributed by atoms with Crippen molar-refractivity contribution in [3.05, 3.63) is 0 Å². The van der Waals surface area contributed by atoms with Crippen LogP contribution in [0.25, 0.3) is 0 Å². The summed E-state index contributed by atoms with van der Waals surface area (Å²) in [6.45, 7) is 4.80. The van der Waals surface area contributed by atoms with Gasteiger partial charge in [-0.3, -0.25) is 4.79 Å². The van der Waals surface area contributed by atoms with Crippen molar-refractivity contribution in [2.24, 2.45) is 5.92 Å². The molecule has 1 aliphatic rings. The van der Waals surface area contributed by atoms with Gasteiger partial charge in [0.05, 0.1) is 25.6 Å². The Labute approximate surface area is 111 Å². The summed E-state index contributed by atoms with van der Waals surface area (Å²) in [4.78, 5) is 11.9. The van der Waals surface area contributed by atoms with Gasteiger partial charge in [-0.25, -0.2) is 0 Å². The highest BCUT2D eigenvalue weighted by molar-refractivity contribution is 5.80. The quantitative estimate of drug-likeness (QED) is 0.775. The van der Waals surface area contributed by atoms with Crippen molar-refractivity contribution < 1.29 is 22.7 Å². The maximum atomic E-state index is 12.2. The number of rotatable bonds is 6. The molecule has 1 heterocycles. The number of hydrogen-bond acceptors (Lipinski definition) is 3. The van der Waals surface area contributed by atoms with E-state index in [1.165, 1.54) is 6.92 Å². The highest BCUT2D eigenvalue weighted by atomic mass is 19.4. The molecule has 0 radical (unpaired) electrons. The standard InChI is InChI=1S/C12H21F3N2O2/c1-3-4-16-10-7-19-6-9(10)11(18)17-8(2)5-12(13,14)15/h8-10,16H,3-7H2,1-2H3,(H,17,18). The summed E-state index contributed by atoms with van der Waals surface area (Å²) < 4.78 is 41.8. The van der Waals surface area contributed by atoms with E-state index in [-0.39, 0.29) is 18.6 Å². The van der Waals surface area contributed by atoms with Gasteiger partial charge < -0.3 is 15.4 Å². The molecule has 1 saturated heterocycles. The minimum absolute atomic E-state index is 0.113. The zero-order valence-corrected chi connectivity index (χ0v) is 11.2. The smallest absolute Gasteiger partial charge is 0.379 e. The van der Waals surface area contributed by atoms with Gasteiger partial charge in [0.1, 0.15) is 0 Å². The molecule has 7 heteroatoms. The third-order valence-electron chi connectivity index (χ3n) is 3.00. The number of alkyl halides is 3. The number of hydrogen-bond donors (Lipinski definition) is 2. The highest BCUT2D eigenvalue weighted by Gasteiger charge is 2.36. The van der Waals surface area contributed by atoms with Crippen LogP contribution in [0.15, 0.2) is 0 Å². The molecule has 0 saturated carbocycles. The van der Waals surface area contributed by atoms with Crippen LogP contribution in [0, 0.1) is 5.92 Å². The van der Waals surface area contributed by atoms with E-state index in [2.05, 4.69) is 10.6 Å². The Kier molecular flexibility index (Phi) is 6.06. The summed E-state index contributed by atoms with van der Waals surface area (Å²) in [5.41, 5.74) is 0. The molecule has 112 valence electrons. The van der Waals surface area contributed by atoms with Gasteiger partial charge in [-0.15, -0.1) is 0 Å². The number of ether oxygens (including phenoxy) is 1. The first-order valence-corrected chi connectivity index (χ1v) is 6.51. The molecule has 0 bridgehead atoms. The summed E-state index contributed by atoms with van der Waals surface area (Å²) in [6.07, 6.45) is -4.35. The molecule has 1 aliphatic heterocycles. The molecule has 4 nitrogen and oxygen atoms in total. The first-order valence-electron chi connectivity index (χ1n) is 6.51. The van der Waals surface area contributed by atoms with Crippen LogP contribution >= 0.6 is 0 Å². The SMILES string of the molecule is CCCNC1COCC1C(=O)NC(C)CC(F)(F)F. The minimum atomic E-state index is -4.27. The number of nitrogens with one attached hydrogen (secondary N) is 2. The molecular weight excluding hydrogens is 261 g/mol. The Morgan fingerprint density at radius 2 is 2.11 bits per heavy atom. The maximum Gasteiger partial charge on any atom is 0.391 e. The van der Waals surface area contributed by atoms with Gasteiger partial charge in [-0.2, -0.15) is 13.2 Å². The number of carbonyl (C=O) groups is 1. The Bertz CT molecular complexity index is 297. The first-order chi connectivity index (χ1) is 8.83. The van der Waals surface area contributed by atoms with Gasteiger partial charge in [-0.1, -0.05) is 6.92 Å². The van der Waals surface area contributed by atoms with Crippen LogP contribution in [0.2, 0.25) is 0 Å². The Balaban J connectivity index is 2.43. The third-order valence-corrected chi connectivity index (χ3v) is 3.00. The van der Waals surface area contributed by atoms with Crippen molar-refractivity contribution in [3.8, 4) is 0 Å². The summed E-state index contributed by atoms with van der Waals surface area (Å²) in [6, 6.07) is -1.03. The predicted molar refractivity (Wildman–Crippen MR) is 64.7 cm³/mol. The van der Waals surface area contributed by atoms with E-state index in [0.29, 0.717) is 6.61 Å². The summed E-state index contributed by atoms with van der Waals surface area (Å²) in [5.74, 6) is -0.787. The van der Waals surface area contributed by atoms with Crippen LogP contribution < -0.4 is 10.6 Å². The van der Waals surface area contributed by atoms with Gasteiger partial charge >= 0.3 is 6.18 Å². The van der Waals surface area contributed by atoms with Crippen molar-refractivity contribution in [1.82, 2.24) is 10.6 Å². The van der Waals surface area contributed by atoms with Crippen LogP contribution in [0.5, 0.6) is 0 Å². The van der Waals surface area contributed by atoms with Crippen molar-refractivity contribution in [2.45, 2.75) is 44.9 Å². The Hall–Kier alpha value is -0.820. The second kappa shape index (κ2) is 7.09. The Morgan fingerprint density at radius 1 is 1.42 bits per heavy atom. The fourth-order valence-electron chi connectivity index (χ4n) is 2.09. The molecule has 0 spiro atoms. The molecule has 3 unspecified atom stereocenters. The number of halogens is 3. The van der Waals surface area contributed by atoms with Gasteiger partial charge in [0, 0.05) is 12.1 Å². The summed E-state index contributed by atoms with van der Waals surface area (Å²) in [7, 11) is 0. The van der Waals surface area contributed by atoms with E-state index in [0.717, 1.165) is 13.0 Å². The fourth-order valence-corrected chi connectivity index (χ4v) is 2.09. The molecule has 2 N–H and O–H groups in total. The summed E-state index contributed by atoms with van der Waals surface area (Å²) in [5, 5.41) is 5.58. The molecule has 1 fully saturated rings. The fraction of sp³-hybridized carbons (Fsp3) is 0.917. The van der Waals surface area contributed by atoms with Crippen molar-refractivity contribution >= 4 is 5.91 Å². The molecule has 0 aliphatic carbocycles. The average Bonchev–Trinajstić information content (AvgIpc) is 2.71. The lowest BCUT2D eigenvalue weighted by molar-refractivity contribution is -0.142. The van der Waals surface area contributed by atoms with E-state index in [4.69, 9.17) is 4.74 Å². The van der Waals surface area contributed by atoms with E-state index in [1.54, 1.807) is 0 Å². The van der Waals surface area contributed by atoms with Crippen LogP contribution in [0.3, 0.4) is 0 Å². The Morgan fingerprint density at radius 3 is 2.68 bits per heavy atom. The molecule has 0 aromatic carbocycles. The molecule has 0 aromatic heterocycles. The predicted octanol–water partition coefficient (Wildman–Crippen LogP) is 1.46. The number of carbonyl (C=O) groups excluding carboxylic acids is 1. The number of amides is 1. The lowest BCUT2D eigenvalue weighted by atomic mass is 10.0. The average molecular weight is 282 g/mol.